The van der Waals surface area contributed by atoms with Crippen molar-refractivity contribution in [3.8, 4) is 0 Å². The number of benzene rings is 1. The van der Waals surface area contributed by atoms with Crippen LogP contribution in [0, 0.1) is 0 Å². The molecule has 21 heavy (non-hydrogen) atoms. The van der Waals surface area contributed by atoms with Gasteiger partial charge in [0, 0.05) is 23.8 Å². The third kappa shape index (κ3) is 3.86. The van der Waals surface area contributed by atoms with Gasteiger partial charge in [0.25, 0.3) is 0 Å². The van der Waals surface area contributed by atoms with Crippen LogP contribution in [0.15, 0.2) is 41.3 Å². The summed E-state index contributed by atoms with van der Waals surface area (Å²) >= 11 is 11.9. The maximum Gasteiger partial charge on any atom is 0.343 e. The van der Waals surface area contributed by atoms with E-state index in [9.17, 15) is 9.59 Å². The molecule has 0 unspecified atom stereocenters. The molecule has 1 heterocycles. The lowest BCUT2D eigenvalue weighted by molar-refractivity contribution is 0.0524. The van der Waals surface area contributed by atoms with Gasteiger partial charge in [0.15, 0.2) is 5.43 Å². The summed E-state index contributed by atoms with van der Waals surface area (Å²) in [6.07, 6.45) is 1.41. The van der Waals surface area contributed by atoms with E-state index in [0.29, 0.717) is 11.6 Å². The molecule has 0 aliphatic heterocycles. The summed E-state index contributed by atoms with van der Waals surface area (Å²) in [5.41, 5.74) is 0.459. The minimum absolute atomic E-state index is 0.0322. The second kappa shape index (κ2) is 6.78. The minimum Gasteiger partial charge on any atom is -0.462 e. The fraction of sp³-hybridized carbons (Fsp3) is 0.200. The summed E-state index contributed by atoms with van der Waals surface area (Å²) in [4.78, 5) is 23.5. The van der Waals surface area contributed by atoms with E-state index in [1.165, 1.54) is 12.3 Å². The van der Waals surface area contributed by atoms with E-state index in [1.807, 2.05) is 12.1 Å². The van der Waals surface area contributed by atoms with Gasteiger partial charge in [-0.2, -0.15) is 0 Å². The first-order chi connectivity index (χ1) is 10.0. The zero-order valence-electron chi connectivity index (χ0n) is 11.3. The van der Waals surface area contributed by atoms with Crippen LogP contribution in [0.1, 0.15) is 22.8 Å². The number of rotatable bonds is 4. The maximum atomic E-state index is 11.8. The van der Waals surface area contributed by atoms with Gasteiger partial charge in [-0.15, -0.1) is 0 Å². The lowest BCUT2D eigenvalue weighted by Gasteiger charge is -2.11. The number of aromatic nitrogens is 1. The largest absolute Gasteiger partial charge is 0.462 e. The monoisotopic (exact) mass is 325 g/mol. The van der Waals surface area contributed by atoms with Crippen LogP contribution in [-0.4, -0.2) is 17.1 Å². The van der Waals surface area contributed by atoms with Crippen LogP contribution in [0.2, 0.25) is 10.2 Å². The van der Waals surface area contributed by atoms with Crippen LogP contribution in [0.3, 0.4) is 0 Å². The number of pyridine rings is 1. The van der Waals surface area contributed by atoms with Gasteiger partial charge in [-0.05, 0) is 24.6 Å². The van der Waals surface area contributed by atoms with E-state index in [0.717, 1.165) is 5.56 Å². The zero-order valence-corrected chi connectivity index (χ0v) is 12.8. The Morgan fingerprint density at radius 3 is 2.52 bits per heavy atom. The fourth-order valence-corrected chi connectivity index (χ4v) is 2.15. The first kappa shape index (κ1) is 15.6. The highest BCUT2D eigenvalue weighted by molar-refractivity contribution is 6.30. The van der Waals surface area contributed by atoms with Crippen molar-refractivity contribution in [2.45, 2.75) is 13.5 Å². The second-order valence-electron chi connectivity index (χ2n) is 4.35. The first-order valence-corrected chi connectivity index (χ1v) is 7.08. The number of esters is 1. The Hall–Kier alpha value is -1.78. The third-order valence-electron chi connectivity index (χ3n) is 2.84. The summed E-state index contributed by atoms with van der Waals surface area (Å²) in [7, 11) is 0. The van der Waals surface area contributed by atoms with Crippen molar-refractivity contribution >= 4 is 29.2 Å². The molecule has 0 fully saturated rings. The van der Waals surface area contributed by atoms with Gasteiger partial charge in [-0.1, -0.05) is 35.3 Å². The zero-order chi connectivity index (χ0) is 15.4. The van der Waals surface area contributed by atoms with Gasteiger partial charge in [-0.3, -0.25) is 4.79 Å². The molecule has 2 aromatic rings. The summed E-state index contributed by atoms with van der Waals surface area (Å²) < 4.78 is 6.47. The van der Waals surface area contributed by atoms with Crippen LogP contribution in [0.4, 0.5) is 0 Å². The van der Waals surface area contributed by atoms with Crippen LogP contribution >= 0.6 is 23.2 Å². The maximum absolute atomic E-state index is 11.8. The molecule has 110 valence electrons. The lowest BCUT2D eigenvalue weighted by atomic mass is 10.2. The molecule has 4 nitrogen and oxygen atoms in total. The summed E-state index contributed by atoms with van der Waals surface area (Å²) in [6.45, 7) is 2.31. The van der Waals surface area contributed by atoms with Gasteiger partial charge in [0.1, 0.15) is 10.7 Å². The molecule has 1 aromatic carbocycles. The molecule has 0 aliphatic rings. The van der Waals surface area contributed by atoms with E-state index in [2.05, 4.69) is 0 Å². The molecular formula is C15H13Cl2NO3. The molecular weight excluding hydrogens is 313 g/mol. The van der Waals surface area contributed by atoms with Crippen LogP contribution in [-0.2, 0) is 11.3 Å². The van der Waals surface area contributed by atoms with Crippen molar-refractivity contribution in [3.05, 3.63) is 68.1 Å². The van der Waals surface area contributed by atoms with E-state index >= 15 is 0 Å². The van der Waals surface area contributed by atoms with Crippen molar-refractivity contribution in [2.24, 2.45) is 0 Å². The van der Waals surface area contributed by atoms with Crippen LogP contribution in [0.5, 0.6) is 0 Å². The van der Waals surface area contributed by atoms with E-state index < -0.39 is 11.4 Å². The highest BCUT2D eigenvalue weighted by Crippen LogP contribution is 2.14. The summed E-state index contributed by atoms with van der Waals surface area (Å²) in [5, 5.41) is 0.889. The van der Waals surface area contributed by atoms with Gasteiger partial charge >= 0.3 is 5.97 Å². The molecule has 0 N–H and O–H groups in total. The van der Waals surface area contributed by atoms with Crippen molar-refractivity contribution in [3.63, 3.8) is 0 Å². The molecule has 2 rings (SSSR count). The van der Waals surface area contributed by atoms with E-state index in [4.69, 9.17) is 27.9 Å². The molecule has 0 bridgehead atoms. The number of hydrogen-bond acceptors (Lipinski definition) is 3. The highest BCUT2D eigenvalue weighted by atomic mass is 35.5. The Morgan fingerprint density at radius 1 is 1.24 bits per heavy atom. The number of ether oxygens (including phenoxy) is 1. The molecule has 0 aliphatic carbocycles. The Morgan fingerprint density at radius 2 is 1.90 bits per heavy atom. The van der Waals surface area contributed by atoms with E-state index in [-0.39, 0.29) is 17.3 Å². The number of carbonyl (C=O) groups excluding carboxylic acids is 1. The smallest absolute Gasteiger partial charge is 0.343 e. The number of halogens is 2. The average Bonchev–Trinajstić information content (AvgIpc) is 2.44. The molecule has 0 spiro atoms. The minimum atomic E-state index is -0.649. The molecule has 1 aromatic heterocycles. The Kier molecular flexibility index (Phi) is 5.04. The SMILES string of the molecule is CCOC(=O)c1cn(Cc2ccc(Cl)cc2)c(Cl)cc1=O. The number of hydrogen-bond donors (Lipinski definition) is 0. The molecule has 0 saturated heterocycles. The average molecular weight is 326 g/mol. The predicted molar refractivity (Wildman–Crippen MR) is 82.2 cm³/mol. The van der Waals surface area contributed by atoms with Gasteiger partial charge in [0.05, 0.1) is 6.61 Å². The van der Waals surface area contributed by atoms with Crippen molar-refractivity contribution in [1.82, 2.24) is 4.57 Å². The van der Waals surface area contributed by atoms with Gasteiger partial charge in [0.2, 0.25) is 0 Å². The topological polar surface area (TPSA) is 48.3 Å². The molecule has 0 radical (unpaired) electrons. The lowest BCUT2D eigenvalue weighted by Crippen LogP contribution is -2.20. The van der Waals surface area contributed by atoms with Crippen LogP contribution in [0.25, 0.3) is 0 Å². The molecule has 0 amide bonds. The number of carbonyl (C=O) groups is 1. The summed E-state index contributed by atoms with van der Waals surface area (Å²) in [6, 6.07) is 8.44. The molecule has 6 heteroatoms. The predicted octanol–water partition coefficient (Wildman–Crippen LogP) is 3.38. The highest BCUT2D eigenvalue weighted by Gasteiger charge is 2.14. The Bertz CT molecular complexity index is 708. The van der Waals surface area contributed by atoms with Crippen molar-refractivity contribution in [2.75, 3.05) is 6.61 Å². The van der Waals surface area contributed by atoms with E-state index in [1.54, 1.807) is 23.6 Å². The standard InChI is InChI=1S/C15H13Cl2NO3/c1-2-21-15(20)12-9-18(14(17)7-13(12)19)8-10-3-5-11(16)6-4-10/h3-7,9H,2,8H2,1H3. The quantitative estimate of drug-likeness (QED) is 0.639. The van der Waals surface area contributed by atoms with Crippen molar-refractivity contribution in [1.29, 1.82) is 0 Å². The third-order valence-corrected chi connectivity index (χ3v) is 3.41. The van der Waals surface area contributed by atoms with Gasteiger partial charge in [-0.25, -0.2) is 4.79 Å². The Balaban J connectivity index is 2.35. The summed E-state index contributed by atoms with van der Waals surface area (Å²) in [5.74, 6) is -0.649. The normalized spacial score (nSPS) is 10.4. The molecule has 0 atom stereocenters. The van der Waals surface area contributed by atoms with Crippen LogP contribution < -0.4 is 5.43 Å². The van der Waals surface area contributed by atoms with Gasteiger partial charge < -0.3 is 9.30 Å². The molecule has 0 saturated carbocycles. The second-order valence-corrected chi connectivity index (χ2v) is 5.17. The number of nitrogens with zero attached hydrogens (tertiary/aromatic N) is 1. The first-order valence-electron chi connectivity index (χ1n) is 6.33. The fourth-order valence-electron chi connectivity index (χ4n) is 1.82. The Labute approximate surface area is 131 Å². The van der Waals surface area contributed by atoms with Crippen molar-refractivity contribution < 1.29 is 9.53 Å².